The molecule has 1 aliphatic rings. The molecule has 1 aliphatic carbocycles. The van der Waals surface area contributed by atoms with Crippen molar-refractivity contribution in [3.63, 3.8) is 0 Å². The third-order valence-electron chi connectivity index (χ3n) is 2.48. The van der Waals surface area contributed by atoms with Gasteiger partial charge in [0.15, 0.2) is 0 Å². The Balaban J connectivity index is 2.39. The van der Waals surface area contributed by atoms with Crippen LogP contribution in [0.5, 0.6) is 0 Å². The molecule has 0 bridgehead atoms. The second-order valence-electron chi connectivity index (χ2n) is 3.42. The molecule has 1 rings (SSSR count). The quantitative estimate of drug-likeness (QED) is 0.582. The highest BCUT2D eigenvalue weighted by atomic mass is 14.7. The van der Waals surface area contributed by atoms with Gasteiger partial charge in [0.1, 0.15) is 0 Å². The molecule has 0 heterocycles. The van der Waals surface area contributed by atoms with Crippen LogP contribution in [0.4, 0.5) is 0 Å². The topological polar surface area (TPSA) is 26.0 Å². The van der Waals surface area contributed by atoms with Crippen LogP contribution in [0.3, 0.4) is 0 Å². The van der Waals surface area contributed by atoms with E-state index >= 15 is 0 Å². The van der Waals surface area contributed by atoms with Crippen LogP contribution in [-0.2, 0) is 0 Å². The van der Waals surface area contributed by atoms with Gasteiger partial charge in [-0.1, -0.05) is 25.0 Å². The van der Waals surface area contributed by atoms with Gasteiger partial charge in [0.25, 0.3) is 0 Å². The Morgan fingerprint density at radius 1 is 1.50 bits per heavy atom. The first kappa shape index (κ1) is 7.80. The van der Waals surface area contributed by atoms with Crippen LogP contribution in [0, 0.1) is 5.92 Å². The Morgan fingerprint density at radius 3 is 2.40 bits per heavy atom. The summed E-state index contributed by atoms with van der Waals surface area (Å²) in [6, 6.07) is 0.266. The Hall–Kier alpha value is -0.300. The number of rotatable bonds is 2. The van der Waals surface area contributed by atoms with Gasteiger partial charge in [-0.05, 0) is 25.7 Å². The average molecular weight is 139 g/mol. The van der Waals surface area contributed by atoms with Crippen LogP contribution in [-0.4, -0.2) is 6.04 Å². The van der Waals surface area contributed by atoms with Gasteiger partial charge in [0.2, 0.25) is 0 Å². The summed E-state index contributed by atoms with van der Waals surface area (Å²) in [7, 11) is 0. The van der Waals surface area contributed by atoms with Crippen molar-refractivity contribution in [1.29, 1.82) is 0 Å². The summed E-state index contributed by atoms with van der Waals surface area (Å²) in [4.78, 5) is 0. The molecule has 0 spiro atoms. The highest BCUT2D eigenvalue weighted by molar-refractivity contribution is 5.03. The molecule has 0 aliphatic heterocycles. The largest absolute Gasteiger partial charge is 0.324 e. The molecule has 1 saturated carbocycles. The highest BCUT2D eigenvalue weighted by Crippen LogP contribution is 2.28. The fourth-order valence-corrected chi connectivity index (χ4v) is 1.72. The molecule has 1 heteroatoms. The SMILES string of the molecule is C=C(C)C(N)C1CCCC1. The van der Waals surface area contributed by atoms with E-state index in [-0.39, 0.29) is 6.04 Å². The normalized spacial score (nSPS) is 23.0. The molecule has 10 heavy (non-hydrogen) atoms. The zero-order valence-electron chi connectivity index (χ0n) is 6.77. The zero-order valence-corrected chi connectivity index (χ0v) is 6.77. The second-order valence-corrected chi connectivity index (χ2v) is 3.42. The van der Waals surface area contributed by atoms with Crippen molar-refractivity contribution in [2.24, 2.45) is 11.7 Å². The summed E-state index contributed by atoms with van der Waals surface area (Å²) in [5.74, 6) is 0.734. The highest BCUT2D eigenvalue weighted by Gasteiger charge is 2.21. The van der Waals surface area contributed by atoms with E-state index in [0.717, 1.165) is 11.5 Å². The zero-order chi connectivity index (χ0) is 7.56. The molecule has 0 aromatic rings. The fraction of sp³-hybridized carbons (Fsp3) is 0.778. The van der Waals surface area contributed by atoms with Gasteiger partial charge in [0.05, 0.1) is 0 Å². The Bertz CT molecular complexity index is 123. The van der Waals surface area contributed by atoms with Crippen molar-refractivity contribution >= 4 is 0 Å². The minimum atomic E-state index is 0.266. The van der Waals surface area contributed by atoms with E-state index in [9.17, 15) is 0 Å². The maximum absolute atomic E-state index is 5.92. The smallest absolute Gasteiger partial charge is 0.0276 e. The lowest BCUT2D eigenvalue weighted by atomic mass is 9.94. The molecule has 58 valence electrons. The van der Waals surface area contributed by atoms with Gasteiger partial charge in [-0.2, -0.15) is 0 Å². The first-order chi connectivity index (χ1) is 4.72. The van der Waals surface area contributed by atoms with Crippen LogP contribution in [0.2, 0.25) is 0 Å². The maximum Gasteiger partial charge on any atom is 0.0276 e. The van der Waals surface area contributed by atoms with Gasteiger partial charge in [-0.25, -0.2) is 0 Å². The summed E-state index contributed by atoms with van der Waals surface area (Å²) >= 11 is 0. The molecule has 1 nitrogen and oxygen atoms in total. The molecule has 1 unspecified atom stereocenters. The van der Waals surface area contributed by atoms with Crippen molar-refractivity contribution in [3.05, 3.63) is 12.2 Å². The summed E-state index contributed by atoms with van der Waals surface area (Å²) in [6.45, 7) is 5.91. The first-order valence-electron chi connectivity index (χ1n) is 4.13. The van der Waals surface area contributed by atoms with Crippen LogP contribution in [0.15, 0.2) is 12.2 Å². The molecule has 0 aromatic carbocycles. The van der Waals surface area contributed by atoms with E-state index in [0.29, 0.717) is 0 Å². The van der Waals surface area contributed by atoms with Crippen molar-refractivity contribution < 1.29 is 0 Å². The van der Waals surface area contributed by atoms with Crippen LogP contribution < -0.4 is 5.73 Å². The molecule has 0 aromatic heterocycles. The lowest BCUT2D eigenvalue weighted by Crippen LogP contribution is -2.28. The van der Waals surface area contributed by atoms with Gasteiger partial charge < -0.3 is 5.73 Å². The summed E-state index contributed by atoms with van der Waals surface area (Å²) < 4.78 is 0. The third kappa shape index (κ3) is 1.60. The number of hydrogen-bond acceptors (Lipinski definition) is 1. The van der Waals surface area contributed by atoms with Crippen molar-refractivity contribution in [1.82, 2.24) is 0 Å². The number of hydrogen-bond donors (Lipinski definition) is 1. The Labute approximate surface area is 63.3 Å². The number of nitrogens with two attached hydrogens (primary N) is 1. The lowest BCUT2D eigenvalue weighted by Gasteiger charge is -2.18. The van der Waals surface area contributed by atoms with Crippen LogP contribution >= 0.6 is 0 Å². The maximum atomic E-state index is 5.92. The summed E-state index contributed by atoms with van der Waals surface area (Å²) in [6.07, 6.45) is 5.36. The lowest BCUT2D eigenvalue weighted by molar-refractivity contribution is 0.475. The van der Waals surface area contributed by atoms with Gasteiger partial charge in [-0.3, -0.25) is 0 Å². The molecular formula is C9H17N. The second kappa shape index (κ2) is 3.20. The van der Waals surface area contributed by atoms with E-state index < -0.39 is 0 Å². The minimum absolute atomic E-state index is 0.266. The predicted molar refractivity (Wildman–Crippen MR) is 44.7 cm³/mol. The van der Waals surface area contributed by atoms with Crippen LogP contribution in [0.25, 0.3) is 0 Å². The summed E-state index contributed by atoms with van der Waals surface area (Å²) in [5, 5.41) is 0. The fourth-order valence-electron chi connectivity index (χ4n) is 1.72. The Kier molecular flexibility index (Phi) is 2.50. The van der Waals surface area contributed by atoms with Gasteiger partial charge in [-0.15, -0.1) is 0 Å². The van der Waals surface area contributed by atoms with E-state index in [1.807, 2.05) is 6.92 Å². The molecule has 0 amide bonds. The van der Waals surface area contributed by atoms with Crippen molar-refractivity contribution in [2.45, 2.75) is 38.6 Å². The van der Waals surface area contributed by atoms with Crippen LogP contribution in [0.1, 0.15) is 32.6 Å². The Morgan fingerprint density at radius 2 is 2.00 bits per heavy atom. The third-order valence-corrected chi connectivity index (χ3v) is 2.48. The van der Waals surface area contributed by atoms with Gasteiger partial charge >= 0.3 is 0 Å². The monoisotopic (exact) mass is 139 g/mol. The molecule has 0 radical (unpaired) electrons. The molecule has 1 fully saturated rings. The molecule has 1 atom stereocenters. The predicted octanol–water partition coefficient (Wildman–Crippen LogP) is 2.08. The van der Waals surface area contributed by atoms with E-state index in [1.54, 1.807) is 0 Å². The standard InChI is InChI=1S/C9H17N/c1-7(2)9(10)8-5-3-4-6-8/h8-9H,1,3-6,10H2,2H3. The van der Waals surface area contributed by atoms with Gasteiger partial charge in [0, 0.05) is 6.04 Å². The molecule has 2 N–H and O–H groups in total. The van der Waals surface area contributed by atoms with Crippen molar-refractivity contribution in [2.75, 3.05) is 0 Å². The van der Waals surface area contributed by atoms with E-state index in [4.69, 9.17) is 5.73 Å². The first-order valence-corrected chi connectivity index (χ1v) is 4.13. The molecule has 0 saturated heterocycles. The summed E-state index contributed by atoms with van der Waals surface area (Å²) in [5.41, 5.74) is 7.07. The van der Waals surface area contributed by atoms with E-state index in [2.05, 4.69) is 6.58 Å². The molecular weight excluding hydrogens is 122 g/mol. The van der Waals surface area contributed by atoms with Crippen molar-refractivity contribution in [3.8, 4) is 0 Å². The minimum Gasteiger partial charge on any atom is -0.324 e. The average Bonchev–Trinajstić information content (AvgIpc) is 2.36. The van der Waals surface area contributed by atoms with E-state index in [1.165, 1.54) is 25.7 Å².